The first kappa shape index (κ1) is 12.0. The van der Waals surface area contributed by atoms with Crippen LogP contribution < -0.4 is 0 Å². The summed E-state index contributed by atoms with van der Waals surface area (Å²) in [4.78, 5) is 18.6. The Morgan fingerprint density at radius 3 is 2.93 bits per heavy atom. The van der Waals surface area contributed by atoms with Gasteiger partial charge in [-0.3, -0.25) is 0 Å². The first-order chi connectivity index (χ1) is 7.09. The van der Waals surface area contributed by atoms with Crippen LogP contribution in [-0.2, 0) is 0 Å². The van der Waals surface area contributed by atoms with Gasteiger partial charge in [0.1, 0.15) is 0 Å². The fourth-order valence-corrected chi connectivity index (χ4v) is 1.99. The predicted molar refractivity (Wildman–Crippen MR) is 59.2 cm³/mol. The quantitative estimate of drug-likeness (QED) is 0.616. The molecule has 0 bridgehead atoms. The third-order valence-electron chi connectivity index (χ3n) is 1.78. The number of thioether (sulfide) groups is 1. The Kier molecular flexibility index (Phi) is 4.55. The number of hydrogen-bond donors (Lipinski definition) is 1. The molecule has 0 spiro atoms. The molecule has 0 aliphatic rings. The summed E-state index contributed by atoms with van der Waals surface area (Å²) in [6.07, 6.45) is 2.56. The Morgan fingerprint density at radius 1 is 1.60 bits per heavy atom. The van der Waals surface area contributed by atoms with Crippen molar-refractivity contribution in [3.8, 4) is 0 Å². The average Bonchev–Trinajstić information content (AvgIpc) is 2.17. The number of aromatic carboxylic acids is 1. The van der Waals surface area contributed by atoms with E-state index in [4.69, 9.17) is 5.11 Å². The molecule has 0 saturated heterocycles. The third-order valence-corrected chi connectivity index (χ3v) is 2.67. The van der Waals surface area contributed by atoms with Crippen LogP contribution in [0.15, 0.2) is 17.4 Å². The molecule has 1 aromatic heterocycles. The van der Waals surface area contributed by atoms with Crippen LogP contribution in [-0.4, -0.2) is 26.8 Å². The minimum Gasteiger partial charge on any atom is -0.477 e. The van der Waals surface area contributed by atoms with Crippen molar-refractivity contribution in [2.45, 2.75) is 25.4 Å². The number of hydrogen-bond acceptors (Lipinski definition) is 4. The van der Waals surface area contributed by atoms with Crippen molar-refractivity contribution in [1.29, 1.82) is 0 Å². The van der Waals surface area contributed by atoms with Crippen LogP contribution in [0.25, 0.3) is 0 Å². The second-order valence-corrected chi connectivity index (χ2v) is 4.62. The molecular formula is C10H14N2O2S. The van der Waals surface area contributed by atoms with E-state index in [-0.39, 0.29) is 5.69 Å². The van der Waals surface area contributed by atoms with Gasteiger partial charge in [0.15, 0.2) is 10.9 Å². The number of rotatable bonds is 5. The van der Waals surface area contributed by atoms with Gasteiger partial charge in [0, 0.05) is 11.9 Å². The lowest BCUT2D eigenvalue weighted by molar-refractivity contribution is 0.0689. The van der Waals surface area contributed by atoms with Crippen molar-refractivity contribution in [3.05, 3.63) is 18.0 Å². The fourth-order valence-electron chi connectivity index (χ4n) is 0.915. The molecule has 0 aromatic carbocycles. The molecule has 1 N–H and O–H groups in total. The number of carbonyl (C=O) groups is 1. The number of carboxylic acid groups (broad SMARTS) is 1. The summed E-state index contributed by atoms with van der Waals surface area (Å²) in [5, 5.41) is 9.26. The van der Waals surface area contributed by atoms with Gasteiger partial charge in [-0.05, 0) is 18.4 Å². The number of carboxylic acids is 1. The first-order valence-corrected chi connectivity index (χ1v) is 5.77. The van der Waals surface area contributed by atoms with Crippen LogP contribution in [0.4, 0.5) is 0 Å². The maximum atomic E-state index is 10.6. The van der Waals surface area contributed by atoms with E-state index >= 15 is 0 Å². The Morgan fingerprint density at radius 2 is 2.33 bits per heavy atom. The number of aromatic nitrogens is 2. The van der Waals surface area contributed by atoms with E-state index in [0.717, 1.165) is 12.2 Å². The van der Waals surface area contributed by atoms with Gasteiger partial charge in [-0.2, -0.15) is 0 Å². The van der Waals surface area contributed by atoms with Crippen molar-refractivity contribution in [1.82, 2.24) is 9.97 Å². The molecule has 0 radical (unpaired) electrons. The minimum absolute atomic E-state index is 0.0528. The highest BCUT2D eigenvalue weighted by Gasteiger charge is 2.06. The molecule has 0 saturated carbocycles. The normalized spacial score (nSPS) is 10.6. The molecule has 0 aliphatic carbocycles. The van der Waals surface area contributed by atoms with Crippen LogP contribution in [0.2, 0.25) is 0 Å². The Hall–Kier alpha value is -1.10. The molecule has 15 heavy (non-hydrogen) atoms. The highest BCUT2D eigenvalue weighted by molar-refractivity contribution is 7.99. The highest BCUT2D eigenvalue weighted by Crippen LogP contribution is 2.16. The topological polar surface area (TPSA) is 63.1 Å². The number of nitrogens with zero attached hydrogens (tertiary/aromatic N) is 2. The summed E-state index contributed by atoms with van der Waals surface area (Å²) in [6, 6.07) is 1.40. The molecule has 0 aliphatic heterocycles. The van der Waals surface area contributed by atoms with Crippen LogP contribution in [0, 0.1) is 5.92 Å². The summed E-state index contributed by atoms with van der Waals surface area (Å²) in [5.41, 5.74) is 0.0528. The summed E-state index contributed by atoms with van der Waals surface area (Å²) >= 11 is 1.49. The molecule has 0 fully saturated rings. The van der Waals surface area contributed by atoms with Crippen molar-refractivity contribution < 1.29 is 9.90 Å². The largest absolute Gasteiger partial charge is 0.477 e. The lowest BCUT2D eigenvalue weighted by atomic mass is 10.2. The zero-order chi connectivity index (χ0) is 11.3. The molecule has 4 nitrogen and oxygen atoms in total. The van der Waals surface area contributed by atoms with Crippen LogP contribution in [0.1, 0.15) is 30.8 Å². The van der Waals surface area contributed by atoms with Gasteiger partial charge in [-0.25, -0.2) is 14.8 Å². The summed E-state index contributed by atoms with van der Waals surface area (Å²) in [7, 11) is 0. The van der Waals surface area contributed by atoms with E-state index in [1.165, 1.54) is 24.0 Å². The fraction of sp³-hybridized carbons (Fsp3) is 0.500. The molecule has 0 atom stereocenters. The lowest BCUT2D eigenvalue weighted by Gasteiger charge is -2.03. The van der Waals surface area contributed by atoms with Crippen molar-refractivity contribution in [2.75, 3.05) is 5.75 Å². The second kappa shape index (κ2) is 5.70. The van der Waals surface area contributed by atoms with Crippen LogP contribution in [0.5, 0.6) is 0 Å². The van der Waals surface area contributed by atoms with E-state index in [0.29, 0.717) is 11.1 Å². The average molecular weight is 226 g/mol. The van der Waals surface area contributed by atoms with Gasteiger partial charge in [0.25, 0.3) is 0 Å². The summed E-state index contributed by atoms with van der Waals surface area (Å²) in [6.45, 7) is 4.30. The van der Waals surface area contributed by atoms with E-state index in [9.17, 15) is 4.79 Å². The van der Waals surface area contributed by atoms with Crippen molar-refractivity contribution in [2.24, 2.45) is 5.92 Å². The molecule has 0 unspecified atom stereocenters. The van der Waals surface area contributed by atoms with Gasteiger partial charge in [-0.1, -0.05) is 25.6 Å². The smallest absolute Gasteiger partial charge is 0.354 e. The van der Waals surface area contributed by atoms with E-state index in [1.54, 1.807) is 0 Å². The lowest BCUT2D eigenvalue weighted by Crippen LogP contribution is -2.02. The monoisotopic (exact) mass is 226 g/mol. The SMILES string of the molecule is CC(C)CCSc1nccc(C(=O)O)n1. The predicted octanol–water partition coefficient (Wildman–Crippen LogP) is 2.31. The Bertz CT molecular complexity index is 342. The Labute approximate surface area is 93.1 Å². The van der Waals surface area contributed by atoms with E-state index in [1.807, 2.05) is 0 Å². The molecule has 1 heterocycles. The summed E-state index contributed by atoms with van der Waals surface area (Å²) < 4.78 is 0. The molecule has 0 amide bonds. The van der Waals surface area contributed by atoms with Gasteiger partial charge < -0.3 is 5.11 Å². The molecule has 5 heteroatoms. The van der Waals surface area contributed by atoms with Gasteiger partial charge in [0.2, 0.25) is 0 Å². The highest BCUT2D eigenvalue weighted by atomic mass is 32.2. The zero-order valence-electron chi connectivity index (χ0n) is 8.80. The van der Waals surface area contributed by atoms with Crippen molar-refractivity contribution in [3.63, 3.8) is 0 Å². The Balaban J connectivity index is 2.54. The van der Waals surface area contributed by atoms with E-state index in [2.05, 4.69) is 23.8 Å². The van der Waals surface area contributed by atoms with Gasteiger partial charge >= 0.3 is 5.97 Å². The molecule has 82 valence electrons. The maximum Gasteiger partial charge on any atom is 0.354 e. The van der Waals surface area contributed by atoms with Gasteiger partial charge in [0.05, 0.1) is 0 Å². The minimum atomic E-state index is -1.01. The van der Waals surface area contributed by atoms with Crippen LogP contribution >= 0.6 is 11.8 Å². The molecular weight excluding hydrogens is 212 g/mol. The van der Waals surface area contributed by atoms with Gasteiger partial charge in [-0.15, -0.1) is 0 Å². The van der Waals surface area contributed by atoms with Crippen molar-refractivity contribution >= 4 is 17.7 Å². The molecule has 1 rings (SSSR count). The summed E-state index contributed by atoms with van der Waals surface area (Å²) in [5.74, 6) is 0.545. The van der Waals surface area contributed by atoms with Crippen LogP contribution in [0.3, 0.4) is 0 Å². The first-order valence-electron chi connectivity index (χ1n) is 4.78. The zero-order valence-corrected chi connectivity index (χ0v) is 9.62. The maximum absolute atomic E-state index is 10.6. The molecule has 1 aromatic rings. The standard InChI is InChI=1S/C10H14N2O2S/c1-7(2)4-6-15-10-11-5-3-8(12-10)9(13)14/h3,5,7H,4,6H2,1-2H3,(H,13,14). The second-order valence-electron chi connectivity index (χ2n) is 3.56. The van der Waals surface area contributed by atoms with E-state index < -0.39 is 5.97 Å². The third kappa shape index (κ3) is 4.29.